The van der Waals surface area contributed by atoms with Crippen molar-refractivity contribution in [3.8, 4) is 5.75 Å². The highest BCUT2D eigenvalue weighted by atomic mass is 16.5. The monoisotopic (exact) mass is 260 g/mol. The minimum atomic E-state index is 0.819. The maximum Gasteiger partial charge on any atom is 0.123 e. The molecule has 0 bridgehead atoms. The van der Waals surface area contributed by atoms with Crippen LogP contribution in [-0.4, -0.2) is 37.7 Å². The van der Waals surface area contributed by atoms with Crippen LogP contribution in [0.4, 0.5) is 0 Å². The van der Waals surface area contributed by atoms with Crippen LogP contribution in [-0.2, 0) is 6.54 Å². The van der Waals surface area contributed by atoms with Crippen molar-refractivity contribution in [1.29, 1.82) is 0 Å². The van der Waals surface area contributed by atoms with Gasteiger partial charge in [0, 0.05) is 18.7 Å². The first-order valence-electron chi connectivity index (χ1n) is 7.55. The van der Waals surface area contributed by atoms with Crippen molar-refractivity contribution in [2.24, 2.45) is 5.92 Å². The van der Waals surface area contributed by atoms with E-state index >= 15 is 0 Å². The number of benzene rings is 1. The first-order valence-corrected chi connectivity index (χ1v) is 7.55. The van der Waals surface area contributed by atoms with E-state index in [0.717, 1.165) is 31.4 Å². The van der Waals surface area contributed by atoms with E-state index in [1.165, 1.54) is 44.5 Å². The van der Waals surface area contributed by atoms with Gasteiger partial charge in [0.25, 0.3) is 0 Å². The summed E-state index contributed by atoms with van der Waals surface area (Å²) in [7, 11) is 0. The second-order valence-corrected chi connectivity index (χ2v) is 5.73. The highest BCUT2D eigenvalue weighted by Gasteiger charge is 2.17. The Bertz CT molecular complexity index is 401. The fraction of sp³-hybridized carbons (Fsp3) is 0.625. The van der Waals surface area contributed by atoms with E-state index in [0.29, 0.717) is 0 Å². The second kappa shape index (κ2) is 6.40. The minimum absolute atomic E-state index is 0.819. The second-order valence-electron chi connectivity index (χ2n) is 5.73. The molecule has 19 heavy (non-hydrogen) atoms. The smallest absolute Gasteiger partial charge is 0.123 e. The Morgan fingerprint density at radius 3 is 3.16 bits per heavy atom. The Morgan fingerprint density at radius 2 is 2.26 bits per heavy atom. The predicted molar refractivity (Wildman–Crippen MR) is 77.4 cm³/mol. The van der Waals surface area contributed by atoms with E-state index < -0.39 is 0 Å². The number of hydrogen-bond donors (Lipinski definition) is 1. The molecule has 1 atom stereocenters. The van der Waals surface area contributed by atoms with Gasteiger partial charge < -0.3 is 10.1 Å². The third-order valence-electron chi connectivity index (χ3n) is 4.28. The summed E-state index contributed by atoms with van der Waals surface area (Å²) < 4.78 is 5.82. The first-order chi connectivity index (χ1) is 9.42. The molecular formula is C16H24N2O. The number of hydrogen-bond acceptors (Lipinski definition) is 3. The van der Waals surface area contributed by atoms with Crippen LogP contribution in [0.1, 0.15) is 24.8 Å². The molecule has 1 saturated heterocycles. The Hall–Kier alpha value is -1.06. The molecule has 1 unspecified atom stereocenters. The number of para-hydroxylation sites is 1. The maximum absolute atomic E-state index is 5.82. The Balaban J connectivity index is 1.54. The molecule has 2 aliphatic heterocycles. The summed E-state index contributed by atoms with van der Waals surface area (Å²) in [6, 6.07) is 8.44. The molecule has 0 aliphatic carbocycles. The fourth-order valence-electron chi connectivity index (χ4n) is 3.11. The molecule has 1 N–H and O–H groups in total. The lowest BCUT2D eigenvalue weighted by Crippen LogP contribution is -2.33. The van der Waals surface area contributed by atoms with Crippen molar-refractivity contribution >= 4 is 0 Å². The molecule has 2 aliphatic rings. The van der Waals surface area contributed by atoms with Gasteiger partial charge in [-0.05, 0) is 50.9 Å². The van der Waals surface area contributed by atoms with Gasteiger partial charge in [0.1, 0.15) is 12.4 Å². The number of piperidine rings is 1. The zero-order valence-electron chi connectivity index (χ0n) is 11.6. The van der Waals surface area contributed by atoms with Gasteiger partial charge in [-0.1, -0.05) is 18.2 Å². The Labute approximate surface area is 115 Å². The lowest BCUT2D eigenvalue weighted by Gasteiger charge is -2.26. The van der Waals surface area contributed by atoms with Gasteiger partial charge in [-0.3, -0.25) is 4.90 Å². The molecule has 2 heterocycles. The van der Waals surface area contributed by atoms with Crippen molar-refractivity contribution in [3.05, 3.63) is 29.8 Å². The van der Waals surface area contributed by atoms with E-state index in [-0.39, 0.29) is 0 Å². The zero-order valence-corrected chi connectivity index (χ0v) is 11.6. The summed E-state index contributed by atoms with van der Waals surface area (Å²) in [6.45, 7) is 6.53. The molecule has 0 aromatic heterocycles. The number of rotatable bonds is 3. The molecule has 0 amide bonds. The number of fused-ring (bicyclic) bond motifs is 1. The van der Waals surface area contributed by atoms with Crippen LogP contribution < -0.4 is 10.1 Å². The highest BCUT2D eigenvalue weighted by molar-refractivity contribution is 5.33. The van der Waals surface area contributed by atoms with Crippen LogP contribution in [0.2, 0.25) is 0 Å². The van der Waals surface area contributed by atoms with Crippen LogP contribution in [0.25, 0.3) is 0 Å². The predicted octanol–water partition coefficient (Wildman–Crippen LogP) is 2.27. The summed E-state index contributed by atoms with van der Waals surface area (Å²) in [4.78, 5) is 2.54. The van der Waals surface area contributed by atoms with Gasteiger partial charge in [-0.25, -0.2) is 0 Å². The van der Waals surface area contributed by atoms with Gasteiger partial charge >= 0.3 is 0 Å². The quantitative estimate of drug-likeness (QED) is 0.902. The molecular weight excluding hydrogens is 236 g/mol. The highest BCUT2D eigenvalue weighted by Crippen LogP contribution is 2.23. The Morgan fingerprint density at radius 1 is 1.32 bits per heavy atom. The van der Waals surface area contributed by atoms with Gasteiger partial charge in [0.2, 0.25) is 0 Å². The summed E-state index contributed by atoms with van der Waals surface area (Å²) in [6.07, 6.45) is 4.06. The third-order valence-corrected chi connectivity index (χ3v) is 4.28. The lowest BCUT2D eigenvalue weighted by molar-refractivity contribution is 0.206. The van der Waals surface area contributed by atoms with Crippen molar-refractivity contribution in [2.45, 2.75) is 25.8 Å². The van der Waals surface area contributed by atoms with Crippen molar-refractivity contribution < 1.29 is 4.74 Å². The largest absolute Gasteiger partial charge is 0.492 e. The van der Waals surface area contributed by atoms with E-state index in [4.69, 9.17) is 4.74 Å². The molecule has 3 heteroatoms. The van der Waals surface area contributed by atoms with Gasteiger partial charge in [-0.2, -0.15) is 0 Å². The SMILES string of the molecule is c1ccc2c(c1)CN(CCC1CCCNC1)CCO2. The third kappa shape index (κ3) is 3.48. The number of nitrogens with one attached hydrogen (secondary N) is 1. The van der Waals surface area contributed by atoms with Crippen LogP contribution in [0.15, 0.2) is 24.3 Å². The summed E-state index contributed by atoms with van der Waals surface area (Å²) >= 11 is 0. The van der Waals surface area contributed by atoms with Crippen molar-refractivity contribution in [1.82, 2.24) is 10.2 Å². The van der Waals surface area contributed by atoms with E-state index in [1.54, 1.807) is 0 Å². The summed E-state index contributed by atoms with van der Waals surface area (Å²) in [5, 5.41) is 3.51. The number of ether oxygens (including phenoxy) is 1. The minimum Gasteiger partial charge on any atom is -0.492 e. The van der Waals surface area contributed by atoms with Gasteiger partial charge in [0.15, 0.2) is 0 Å². The molecule has 1 aromatic rings. The van der Waals surface area contributed by atoms with Crippen LogP contribution >= 0.6 is 0 Å². The van der Waals surface area contributed by atoms with Gasteiger partial charge in [0.05, 0.1) is 0 Å². The standard InChI is InChI=1S/C16H24N2O/c1-2-6-16-15(5-1)13-18(10-11-19-16)9-7-14-4-3-8-17-12-14/h1-2,5-6,14,17H,3-4,7-13H2. The topological polar surface area (TPSA) is 24.5 Å². The molecule has 3 nitrogen and oxygen atoms in total. The normalized spacial score (nSPS) is 24.3. The Kier molecular flexibility index (Phi) is 4.36. The van der Waals surface area contributed by atoms with Crippen LogP contribution in [0.5, 0.6) is 5.75 Å². The maximum atomic E-state index is 5.82. The van der Waals surface area contributed by atoms with Crippen molar-refractivity contribution in [2.75, 3.05) is 32.8 Å². The fourth-order valence-corrected chi connectivity index (χ4v) is 3.11. The molecule has 0 spiro atoms. The number of nitrogens with zero attached hydrogens (tertiary/aromatic N) is 1. The van der Waals surface area contributed by atoms with Crippen LogP contribution in [0.3, 0.4) is 0 Å². The van der Waals surface area contributed by atoms with Crippen molar-refractivity contribution in [3.63, 3.8) is 0 Å². The summed E-state index contributed by atoms with van der Waals surface area (Å²) in [5.74, 6) is 1.94. The summed E-state index contributed by atoms with van der Waals surface area (Å²) in [5.41, 5.74) is 1.33. The van der Waals surface area contributed by atoms with E-state index in [1.807, 2.05) is 0 Å². The first kappa shape index (κ1) is 12.9. The lowest BCUT2D eigenvalue weighted by atomic mass is 9.96. The molecule has 1 fully saturated rings. The molecule has 3 rings (SSSR count). The molecule has 0 saturated carbocycles. The molecule has 0 radical (unpaired) electrons. The average Bonchev–Trinajstić information content (AvgIpc) is 2.68. The average molecular weight is 260 g/mol. The zero-order chi connectivity index (χ0) is 12.9. The molecule has 104 valence electrons. The van der Waals surface area contributed by atoms with E-state index in [2.05, 4.69) is 34.5 Å². The van der Waals surface area contributed by atoms with Crippen LogP contribution in [0, 0.1) is 5.92 Å². The van der Waals surface area contributed by atoms with Gasteiger partial charge in [-0.15, -0.1) is 0 Å². The molecule has 1 aromatic carbocycles. The van der Waals surface area contributed by atoms with E-state index in [9.17, 15) is 0 Å².